The lowest BCUT2D eigenvalue weighted by Crippen LogP contribution is -2.33. The maximum Gasteiger partial charge on any atom is 0.262 e. The number of ether oxygens (including phenoxy) is 1. The van der Waals surface area contributed by atoms with Crippen LogP contribution in [0.2, 0.25) is 0 Å². The monoisotopic (exact) mass is 177 g/mol. The molecule has 0 atom stereocenters. The van der Waals surface area contributed by atoms with Gasteiger partial charge in [0, 0.05) is 0 Å². The van der Waals surface area contributed by atoms with Crippen molar-refractivity contribution in [3.63, 3.8) is 0 Å². The Morgan fingerprint density at radius 3 is 3.08 bits per heavy atom. The molecule has 1 aliphatic heterocycles. The lowest BCUT2D eigenvalue weighted by atomic mass is 10.3. The molecule has 68 valence electrons. The second-order valence-corrected chi connectivity index (χ2v) is 2.45. The zero-order valence-corrected chi connectivity index (χ0v) is 7.46. The third-order valence-electron chi connectivity index (χ3n) is 1.48. The summed E-state index contributed by atoms with van der Waals surface area (Å²) in [4.78, 5) is 10.9. The fourth-order valence-electron chi connectivity index (χ4n) is 0.915. The van der Waals surface area contributed by atoms with E-state index in [1.807, 2.05) is 19.1 Å². The molecule has 0 radical (unpaired) electrons. The Balaban J connectivity index is 2.89. The summed E-state index contributed by atoms with van der Waals surface area (Å²) < 4.78 is 5.08. The van der Waals surface area contributed by atoms with Crippen LogP contribution in [0.3, 0.4) is 0 Å². The minimum atomic E-state index is -0.158. The number of hydrogen-bond donors (Lipinski definition) is 1. The van der Waals surface area contributed by atoms with Crippen LogP contribution in [0.25, 0.3) is 0 Å². The molecular weight excluding hydrogens is 166 g/mol. The van der Waals surface area contributed by atoms with Gasteiger partial charge in [-0.25, -0.2) is 0 Å². The zero-order valence-electron chi connectivity index (χ0n) is 7.46. The van der Waals surface area contributed by atoms with E-state index in [-0.39, 0.29) is 12.5 Å². The highest BCUT2D eigenvalue weighted by atomic mass is 16.5. The second kappa shape index (κ2) is 4.33. The lowest BCUT2D eigenvalue weighted by molar-refractivity contribution is -0.125. The number of amides is 1. The maximum atomic E-state index is 10.9. The molecule has 0 aromatic rings. The van der Waals surface area contributed by atoms with Gasteiger partial charge in [-0.2, -0.15) is 0 Å². The maximum absolute atomic E-state index is 10.9. The molecule has 0 spiro atoms. The lowest BCUT2D eigenvalue weighted by Gasteiger charge is -2.17. The van der Waals surface area contributed by atoms with Gasteiger partial charge >= 0.3 is 0 Å². The van der Waals surface area contributed by atoms with E-state index in [1.165, 1.54) is 0 Å². The van der Waals surface area contributed by atoms with Crippen molar-refractivity contribution >= 4 is 5.91 Å². The van der Waals surface area contributed by atoms with Crippen molar-refractivity contribution in [1.82, 2.24) is 5.32 Å². The van der Waals surface area contributed by atoms with Crippen molar-refractivity contribution in [3.8, 4) is 0 Å². The average Bonchev–Trinajstić information content (AvgIpc) is 2.15. The van der Waals surface area contributed by atoms with E-state index in [1.54, 1.807) is 6.08 Å². The summed E-state index contributed by atoms with van der Waals surface area (Å²) in [5.41, 5.74) is 3.21. The van der Waals surface area contributed by atoms with Gasteiger partial charge in [0.1, 0.15) is 0 Å². The molecule has 0 bridgehead atoms. The topological polar surface area (TPSA) is 38.3 Å². The quantitative estimate of drug-likeness (QED) is 0.612. The summed E-state index contributed by atoms with van der Waals surface area (Å²) in [5, 5.41) is 2.66. The van der Waals surface area contributed by atoms with Crippen molar-refractivity contribution in [3.05, 3.63) is 42.0 Å². The highest BCUT2D eigenvalue weighted by molar-refractivity contribution is 5.81. The number of hydrogen-bond acceptors (Lipinski definition) is 2. The average molecular weight is 177 g/mol. The van der Waals surface area contributed by atoms with Crippen LogP contribution in [0, 0.1) is 0 Å². The predicted molar refractivity (Wildman–Crippen MR) is 49.6 cm³/mol. The van der Waals surface area contributed by atoms with Gasteiger partial charge in [-0.1, -0.05) is 24.5 Å². The van der Waals surface area contributed by atoms with Crippen LogP contribution in [0.4, 0.5) is 0 Å². The van der Waals surface area contributed by atoms with Gasteiger partial charge in [0.25, 0.3) is 5.91 Å². The molecular formula is C10H11NO2. The first-order valence-corrected chi connectivity index (χ1v) is 3.94. The third kappa shape index (κ3) is 2.36. The Morgan fingerprint density at radius 2 is 2.46 bits per heavy atom. The van der Waals surface area contributed by atoms with Gasteiger partial charge in [-0.3, -0.25) is 4.79 Å². The Bertz CT molecular complexity index is 320. The number of nitrogens with one attached hydrogen (secondary N) is 1. The summed E-state index contributed by atoms with van der Waals surface area (Å²) in [6, 6.07) is 0. The fourth-order valence-corrected chi connectivity index (χ4v) is 0.915. The Hall–Kier alpha value is -1.73. The number of carbonyl (C=O) groups excluding carboxylic acids is 1. The molecule has 1 rings (SSSR count). The van der Waals surface area contributed by atoms with Crippen LogP contribution in [0.15, 0.2) is 42.0 Å². The molecule has 1 N–H and O–H groups in total. The van der Waals surface area contributed by atoms with Crippen molar-refractivity contribution in [2.75, 3.05) is 6.61 Å². The van der Waals surface area contributed by atoms with E-state index in [0.29, 0.717) is 11.5 Å². The molecule has 0 saturated carbocycles. The van der Waals surface area contributed by atoms with E-state index in [9.17, 15) is 4.79 Å². The molecule has 3 heteroatoms. The summed E-state index contributed by atoms with van der Waals surface area (Å²) in [7, 11) is 0. The third-order valence-corrected chi connectivity index (χ3v) is 1.48. The van der Waals surface area contributed by atoms with Gasteiger partial charge in [-0.05, 0) is 13.0 Å². The highest BCUT2D eigenvalue weighted by Crippen LogP contribution is 2.11. The van der Waals surface area contributed by atoms with Crippen LogP contribution in [-0.2, 0) is 9.53 Å². The molecule has 1 aliphatic rings. The molecule has 13 heavy (non-hydrogen) atoms. The molecule has 1 amide bonds. The zero-order chi connectivity index (χ0) is 9.68. The van der Waals surface area contributed by atoms with E-state index in [0.717, 1.165) is 0 Å². The number of carbonyl (C=O) groups is 1. The summed E-state index contributed by atoms with van der Waals surface area (Å²) in [6.45, 7) is 5.39. The van der Waals surface area contributed by atoms with Crippen molar-refractivity contribution in [2.45, 2.75) is 6.92 Å². The molecule has 3 nitrogen and oxygen atoms in total. The van der Waals surface area contributed by atoms with E-state index in [2.05, 4.69) is 17.6 Å². The highest BCUT2D eigenvalue weighted by Gasteiger charge is 2.16. The summed E-state index contributed by atoms with van der Waals surface area (Å²) >= 11 is 0. The van der Waals surface area contributed by atoms with Gasteiger partial charge in [-0.15, -0.1) is 0 Å². The van der Waals surface area contributed by atoms with Crippen molar-refractivity contribution < 1.29 is 9.53 Å². The van der Waals surface area contributed by atoms with E-state index >= 15 is 0 Å². The van der Waals surface area contributed by atoms with Gasteiger partial charge < -0.3 is 10.1 Å². The summed E-state index contributed by atoms with van der Waals surface area (Å²) in [5.74, 6) is 0.326. The van der Waals surface area contributed by atoms with Crippen LogP contribution >= 0.6 is 0 Å². The molecule has 1 heterocycles. The molecule has 0 aromatic heterocycles. The van der Waals surface area contributed by atoms with Crippen LogP contribution in [-0.4, -0.2) is 12.5 Å². The summed E-state index contributed by atoms with van der Waals surface area (Å²) in [6.07, 6.45) is 5.40. The van der Waals surface area contributed by atoms with E-state index in [4.69, 9.17) is 4.74 Å². The molecule has 0 aromatic carbocycles. The first-order chi connectivity index (χ1) is 6.27. The van der Waals surface area contributed by atoms with Gasteiger partial charge in [0.05, 0.1) is 5.70 Å². The Morgan fingerprint density at radius 1 is 1.69 bits per heavy atom. The minimum Gasteiger partial charge on any atom is -0.474 e. The predicted octanol–water partition coefficient (Wildman–Crippen LogP) is 1.26. The first-order valence-electron chi connectivity index (χ1n) is 3.94. The number of morpholine rings is 1. The Labute approximate surface area is 77.1 Å². The minimum absolute atomic E-state index is 0.0328. The largest absolute Gasteiger partial charge is 0.474 e. The van der Waals surface area contributed by atoms with Crippen LogP contribution in [0.5, 0.6) is 0 Å². The molecule has 1 saturated heterocycles. The van der Waals surface area contributed by atoms with Crippen LogP contribution in [0.1, 0.15) is 6.92 Å². The van der Waals surface area contributed by atoms with Gasteiger partial charge in [0.2, 0.25) is 0 Å². The van der Waals surface area contributed by atoms with Crippen LogP contribution < -0.4 is 5.32 Å². The molecule has 1 fully saturated rings. The smallest absolute Gasteiger partial charge is 0.262 e. The molecule has 0 unspecified atom stereocenters. The second-order valence-electron chi connectivity index (χ2n) is 2.45. The van der Waals surface area contributed by atoms with Gasteiger partial charge in [0.15, 0.2) is 12.4 Å². The van der Waals surface area contributed by atoms with Crippen molar-refractivity contribution in [1.29, 1.82) is 0 Å². The SMILES string of the molecule is C=C=C1OCC(=O)N/C1=C/C=C\C. The normalized spacial score (nSPS) is 19.9. The fraction of sp³-hybridized carbons (Fsp3) is 0.200. The number of allylic oxidation sites excluding steroid dienone is 3. The Kier molecular flexibility index (Phi) is 3.12. The molecule has 0 aliphatic carbocycles. The first kappa shape index (κ1) is 9.36. The standard InChI is InChI=1S/C10H11NO2/c1-3-5-6-8-9(4-2)13-7-10(12)11-8/h3,5-6H,2,7H2,1H3,(H,11,12)/b5-3-,8-6+. The van der Waals surface area contributed by atoms with E-state index < -0.39 is 0 Å². The number of rotatable bonds is 1. The van der Waals surface area contributed by atoms with Crippen molar-refractivity contribution in [2.24, 2.45) is 0 Å².